The average molecular weight is 310 g/mol. The van der Waals surface area contributed by atoms with Crippen LogP contribution in [0.4, 0.5) is 4.79 Å². The molecule has 1 aliphatic rings. The van der Waals surface area contributed by atoms with Crippen molar-refractivity contribution in [2.45, 2.75) is 13.5 Å². The molecule has 1 aromatic carbocycles. The van der Waals surface area contributed by atoms with Crippen LogP contribution in [0.3, 0.4) is 0 Å². The Balaban J connectivity index is 1.89. The molecule has 0 radical (unpaired) electrons. The summed E-state index contributed by atoms with van der Waals surface area (Å²) in [5.41, 5.74) is 0.661. The number of carbonyl (C=O) groups excluding carboxylic acids is 3. The van der Waals surface area contributed by atoms with Gasteiger partial charge in [-0.2, -0.15) is 0 Å². The summed E-state index contributed by atoms with van der Waals surface area (Å²) in [4.78, 5) is 37.4. The maximum atomic E-state index is 12.5. The molecule has 1 aromatic heterocycles. The summed E-state index contributed by atoms with van der Waals surface area (Å²) in [7, 11) is 0. The summed E-state index contributed by atoms with van der Waals surface area (Å²) in [6, 6.07) is 11.7. The number of urea groups is 1. The van der Waals surface area contributed by atoms with Crippen molar-refractivity contribution in [1.82, 2.24) is 10.2 Å². The van der Waals surface area contributed by atoms with Gasteiger partial charge >= 0.3 is 6.03 Å². The predicted molar refractivity (Wildman–Crippen MR) is 82.0 cm³/mol. The fourth-order valence-corrected chi connectivity index (χ4v) is 2.28. The molecular formula is C17H14N2O4. The second-order valence-electron chi connectivity index (χ2n) is 5.14. The van der Waals surface area contributed by atoms with Crippen molar-refractivity contribution in [3.8, 4) is 0 Å². The molecule has 0 atom stereocenters. The first-order valence-electron chi connectivity index (χ1n) is 7.04. The summed E-state index contributed by atoms with van der Waals surface area (Å²) in [6.45, 7) is 1.85. The fraction of sp³-hybridized carbons (Fsp3) is 0.118. The minimum Gasteiger partial charge on any atom is -0.462 e. The van der Waals surface area contributed by atoms with Gasteiger partial charge in [-0.15, -0.1) is 0 Å². The number of hydrogen-bond acceptors (Lipinski definition) is 4. The third-order valence-corrected chi connectivity index (χ3v) is 3.42. The molecule has 6 heteroatoms. The van der Waals surface area contributed by atoms with Crippen molar-refractivity contribution in [2.24, 2.45) is 0 Å². The van der Waals surface area contributed by atoms with E-state index >= 15 is 0 Å². The first kappa shape index (κ1) is 14.8. The van der Waals surface area contributed by atoms with Gasteiger partial charge in [-0.1, -0.05) is 30.3 Å². The number of benzene rings is 1. The molecule has 4 amide bonds. The highest BCUT2D eigenvalue weighted by atomic mass is 16.3. The molecule has 0 bridgehead atoms. The highest BCUT2D eigenvalue weighted by Crippen LogP contribution is 2.18. The number of carbonyl (C=O) groups is 3. The Hall–Kier alpha value is -3.15. The number of nitrogens with zero attached hydrogens (tertiary/aromatic N) is 1. The van der Waals surface area contributed by atoms with E-state index < -0.39 is 17.8 Å². The molecule has 0 aliphatic carbocycles. The number of aryl methyl sites for hydroxylation is 1. The first-order chi connectivity index (χ1) is 11.0. The summed E-state index contributed by atoms with van der Waals surface area (Å²) in [6.07, 6.45) is 1.34. The van der Waals surface area contributed by atoms with Gasteiger partial charge in [0.15, 0.2) is 0 Å². The van der Waals surface area contributed by atoms with Crippen LogP contribution in [0, 0.1) is 6.92 Å². The Morgan fingerprint density at radius 1 is 1.09 bits per heavy atom. The monoisotopic (exact) mass is 310 g/mol. The summed E-state index contributed by atoms with van der Waals surface area (Å²) < 4.78 is 5.35. The number of nitrogens with one attached hydrogen (secondary N) is 1. The molecule has 2 heterocycles. The third kappa shape index (κ3) is 3.06. The normalized spacial score (nSPS) is 16.8. The van der Waals surface area contributed by atoms with E-state index in [4.69, 9.17) is 4.42 Å². The highest BCUT2D eigenvalue weighted by Gasteiger charge is 2.35. The number of rotatable bonds is 3. The smallest absolute Gasteiger partial charge is 0.331 e. The second kappa shape index (κ2) is 5.92. The van der Waals surface area contributed by atoms with Crippen LogP contribution in [0.5, 0.6) is 0 Å². The Labute approximate surface area is 132 Å². The van der Waals surface area contributed by atoms with Crippen LogP contribution in [0.15, 0.2) is 52.5 Å². The van der Waals surface area contributed by atoms with E-state index in [-0.39, 0.29) is 12.1 Å². The van der Waals surface area contributed by atoms with Gasteiger partial charge in [0.1, 0.15) is 17.1 Å². The molecule has 23 heavy (non-hydrogen) atoms. The van der Waals surface area contributed by atoms with Crippen molar-refractivity contribution in [2.75, 3.05) is 0 Å². The molecule has 3 rings (SSSR count). The molecular weight excluding hydrogens is 296 g/mol. The van der Waals surface area contributed by atoms with Crippen LogP contribution in [-0.2, 0) is 16.1 Å². The van der Waals surface area contributed by atoms with Crippen LogP contribution in [-0.4, -0.2) is 22.7 Å². The standard InChI is InChI=1S/C17H14N2O4/c1-11-7-8-13(23-11)9-14-15(20)18-17(22)19(16(14)21)10-12-5-3-2-4-6-12/h2-9H,10H2,1H3,(H,18,20,22)/b14-9+. The van der Waals surface area contributed by atoms with Crippen LogP contribution >= 0.6 is 0 Å². The molecule has 1 aliphatic heterocycles. The lowest BCUT2D eigenvalue weighted by atomic mass is 10.1. The average Bonchev–Trinajstić information content (AvgIpc) is 2.94. The lowest BCUT2D eigenvalue weighted by Gasteiger charge is -2.26. The maximum Gasteiger partial charge on any atom is 0.331 e. The zero-order valence-corrected chi connectivity index (χ0v) is 12.4. The van der Waals surface area contributed by atoms with Crippen molar-refractivity contribution < 1.29 is 18.8 Å². The van der Waals surface area contributed by atoms with Crippen molar-refractivity contribution >= 4 is 23.9 Å². The lowest BCUT2D eigenvalue weighted by molar-refractivity contribution is -0.130. The minimum absolute atomic E-state index is 0.0906. The van der Waals surface area contributed by atoms with Gasteiger partial charge in [0.25, 0.3) is 11.8 Å². The molecule has 116 valence electrons. The Morgan fingerprint density at radius 2 is 1.83 bits per heavy atom. The lowest BCUT2D eigenvalue weighted by Crippen LogP contribution is -2.53. The maximum absolute atomic E-state index is 12.5. The van der Waals surface area contributed by atoms with Crippen LogP contribution in [0.2, 0.25) is 0 Å². The van der Waals surface area contributed by atoms with Crippen molar-refractivity contribution in [3.63, 3.8) is 0 Å². The molecule has 0 unspecified atom stereocenters. The number of barbiturate groups is 1. The molecule has 0 saturated carbocycles. The van der Waals surface area contributed by atoms with Crippen LogP contribution in [0.25, 0.3) is 6.08 Å². The van der Waals surface area contributed by atoms with E-state index in [2.05, 4.69) is 5.32 Å². The van der Waals surface area contributed by atoms with Crippen LogP contribution < -0.4 is 5.32 Å². The molecule has 0 spiro atoms. The van der Waals surface area contributed by atoms with E-state index in [0.717, 1.165) is 10.5 Å². The summed E-state index contributed by atoms with van der Waals surface area (Å²) in [5, 5.41) is 2.17. The Kier molecular flexibility index (Phi) is 3.80. The summed E-state index contributed by atoms with van der Waals surface area (Å²) in [5.74, 6) is -0.317. The first-order valence-corrected chi connectivity index (χ1v) is 7.04. The van der Waals surface area contributed by atoms with Crippen molar-refractivity contribution in [1.29, 1.82) is 0 Å². The van der Waals surface area contributed by atoms with Gasteiger partial charge in [-0.3, -0.25) is 19.8 Å². The second-order valence-corrected chi connectivity index (χ2v) is 5.14. The van der Waals surface area contributed by atoms with Gasteiger partial charge in [-0.25, -0.2) is 4.79 Å². The number of hydrogen-bond donors (Lipinski definition) is 1. The van der Waals surface area contributed by atoms with Crippen LogP contribution in [0.1, 0.15) is 17.1 Å². The van der Waals surface area contributed by atoms with E-state index in [1.165, 1.54) is 6.08 Å². The van der Waals surface area contributed by atoms with E-state index in [0.29, 0.717) is 11.5 Å². The largest absolute Gasteiger partial charge is 0.462 e. The molecule has 2 aromatic rings. The fourth-order valence-electron chi connectivity index (χ4n) is 2.28. The molecule has 1 saturated heterocycles. The minimum atomic E-state index is -0.725. The molecule has 1 fully saturated rings. The van der Waals surface area contributed by atoms with Gasteiger partial charge < -0.3 is 4.42 Å². The van der Waals surface area contributed by atoms with E-state index in [1.807, 2.05) is 18.2 Å². The van der Waals surface area contributed by atoms with E-state index in [9.17, 15) is 14.4 Å². The zero-order valence-electron chi connectivity index (χ0n) is 12.4. The topological polar surface area (TPSA) is 79.6 Å². The third-order valence-electron chi connectivity index (χ3n) is 3.42. The summed E-state index contributed by atoms with van der Waals surface area (Å²) >= 11 is 0. The van der Waals surface area contributed by atoms with Crippen molar-refractivity contribution in [3.05, 3.63) is 65.1 Å². The SMILES string of the molecule is Cc1ccc(/C=C2\C(=O)NC(=O)N(Cc3ccccc3)C2=O)o1. The zero-order chi connectivity index (χ0) is 16.4. The van der Waals surface area contributed by atoms with Gasteiger partial charge in [-0.05, 0) is 30.7 Å². The molecule has 6 nitrogen and oxygen atoms in total. The Bertz CT molecular complexity index is 805. The Morgan fingerprint density at radius 3 is 2.48 bits per heavy atom. The number of amides is 4. The number of furan rings is 1. The number of imide groups is 2. The van der Waals surface area contributed by atoms with Gasteiger partial charge in [0.2, 0.25) is 0 Å². The molecule has 1 N–H and O–H groups in total. The highest BCUT2D eigenvalue weighted by molar-refractivity contribution is 6.30. The van der Waals surface area contributed by atoms with Gasteiger partial charge in [0.05, 0.1) is 6.54 Å². The van der Waals surface area contributed by atoms with E-state index in [1.54, 1.807) is 31.2 Å². The van der Waals surface area contributed by atoms with Gasteiger partial charge in [0, 0.05) is 0 Å². The predicted octanol–water partition coefficient (Wildman–Crippen LogP) is 2.25. The quantitative estimate of drug-likeness (QED) is 0.696.